The molecule has 16 heavy (non-hydrogen) atoms. The Morgan fingerprint density at radius 2 is 2.25 bits per heavy atom. The van der Waals surface area contributed by atoms with Gasteiger partial charge in [0.2, 0.25) is 0 Å². The molecule has 3 nitrogen and oxygen atoms in total. The van der Waals surface area contributed by atoms with E-state index in [4.69, 9.17) is 27.9 Å². The lowest BCUT2D eigenvalue weighted by Crippen LogP contribution is -2.26. The van der Waals surface area contributed by atoms with Gasteiger partial charge in [0, 0.05) is 6.61 Å². The highest BCUT2D eigenvalue weighted by molar-refractivity contribution is 6.44. The Morgan fingerprint density at radius 3 is 2.94 bits per heavy atom. The second kappa shape index (κ2) is 5.04. The molecule has 86 valence electrons. The summed E-state index contributed by atoms with van der Waals surface area (Å²) in [4.78, 5) is 11.7. The molecule has 0 saturated carbocycles. The topological polar surface area (TPSA) is 38.3 Å². The van der Waals surface area contributed by atoms with Crippen molar-refractivity contribution in [1.29, 1.82) is 0 Å². The van der Waals surface area contributed by atoms with E-state index in [0.29, 0.717) is 22.3 Å². The van der Waals surface area contributed by atoms with Gasteiger partial charge in [0.15, 0.2) is 0 Å². The van der Waals surface area contributed by atoms with Crippen LogP contribution in [0.2, 0.25) is 10.0 Å². The van der Waals surface area contributed by atoms with Crippen LogP contribution >= 0.6 is 23.2 Å². The number of carbonyl (C=O) groups excluding carboxylic acids is 1. The highest BCUT2D eigenvalue weighted by Crippen LogP contribution is 2.30. The Morgan fingerprint density at radius 1 is 1.44 bits per heavy atom. The number of anilines is 1. The van der Waals surface area contributed by atoms with Gasteiger partial charge < -0.3 is 10.1 Å². The largest absolute Gasteiger partial charge is 0.368 e. The number of amides is 1. The average Bonchev–Trinajstić information content (AvgIpc) is 2.78. The first-order valence-electron chi connectivity index (χ1n) is 5.05. The molecule has 1 aromatic carbocycles. The fourth-order valence-electron chi connectivity index (χ4n) is 1.60. The third kappa shape index (κ3) is 2.48. The highest BCUT2D eigenvalue weighted by atomic mass is 35.5. The SMILES string of the molecule is O=C(Nc1cccc(Cl)c1Cl)[C@@H]1CCCO1. The minimum Gasteiger partial charge on any atom is -0.368 e. The van der Waals surface area contributed by atoms with Gasteiger partial charge in [-0.2, -0.15) is 0 Å². The molecule has 0 radical (unpaired) electrons. The zero-order valence-corrected chi connectivity index (χ0v) is 10.0. The van der Waals surface area contributed by atoms with E-state index in [9.17, 15) is 4.79 Å². The second-order valence-corrected chi connectivity index (χ2v) is 4.38. The Hall–Kier alpha value is -0.770. The highest BCUT2D eigenvalue weighted by Gasteiger charge is 2.24. The van der Waals surface area contributed by atoms with Crippen molar-refractivity contribution >= 4 is 34.8 Å². The van der Waals surface area contributed by atoms with Crippen LogP contribution in [0.3, 0.4) is 0 Å². The first-order valence-corrected chi connectivity index (χ1v) is 5.80. The summed E-state index contributed by atoms with van der Waals surface area (Å²) in [6, 6.07) is 5.12. The lowest BCUT2D eigenvalue weighted by molar-refractivity contribution is -0.124. The molecular weight excluding hydrogens is 249 g/mol. The summed E-state index contributed by atoms with van der Waals surface area (Å²) in [5.74, 6) is -0.165. The number of rotatable bonds is 2. The summed E-state index contributed by atoms with van der Waals surface area (Å²) in [5, 5.41) is 3.49. The number of nitrogens with one attached hydrogen (secondary N) is 1. The monoisotopic (exact) mass is 259 g/mol. The van der Waals surface area contributed by atoms with Gasteiger partial charge in [0.25, 0.3) is 5.91 Å². The van der Waals surface area contributed by atoms with E-state index >= 15 is 0 Å². The van der Waals surface area contributed by atoms with Gasteiger partial charge in [0.05, 0.1) is 15.7 Å². The zero-order valence-electron chi connectivity index (χ0n) is 8.50. The summed E-state index contributed by atoms with van der Waals surface area (Å²) in [6.45, 7) is 0.640. The molecule has 1 atom stereocenters. The Kier molecular flexibility index (Phi) is 3.69. The quantitative estimate of drug-likeness (QED) is 0.887. The average molecular weight is 260 g/mol. The Balaban J connectivity index is 2.08. The fourth-order valence-corrected chi connectivity index (χ4v) is 1.95. The van der Waals surface area contributed by atoms with E-state index in [2.05, 4.69) is 5.32 Å². The molecule has 1 fully saturated rings. The molecule has 0 bridgehead atoms. The van der Waals surface area contributed by atoms with Gasteiger partial charge in [-0.3, -0.25) is 4.79 Å². The van der Waals surface area contributed by atoms with Crippen molar-refractivity contribution in [3.8, 4) is 0 Å². The van der Waals surface area contributed by atoms with E-state index in [0.717, 1.165) is 12.8 Å². The molecule has 1 aliphatic heterocycles. The lowest BCUT2D eigenvalue weighted by atomic mass is 10.2. The number of carbonyl (C=O) groups is 1. The summed E-state index contributed by atoms with van der Waals surface area (Å²) in [6.07, 6.45) is 1.31. The molecule has 0 unspecified atom stereocenters. The number of hydrogen-bond acceptors (Lipinski definition) is 2. The summed E-state index contributed by atoms with van der Waals surface area (Å²) in [5.41, 5.74) is 0.523. The van der Waals surface area contributed by atoms with Gasteiger partial charge >= 0.3 is 0 Å². The minimum absolute atomic E-state index is 0.165. The van der Waals surface area contributed by atoms with Gasteiger partial charge in [-0.25, -0.2) is 0 Å². The zero-order chi connectivity index (χ0) is 11.5. The molecule has 1 N–H and O–H groups in total. The fraction of sp³-hybridized carbons (Fsp3) is 0.364. The Bertz CT molecular complexity index is 403. The third-order valence-electron chi connectivity index (χ3n) is 2.43. The second-order valence-electron chi connectivity index (χ2n) is 3.59. The van der Waals surface area contributed by atoms with E-state index in [1.54, 1.807) is 18.2 Å². The van der Waals surface area contributed by atoms with Gasteiger partial charge in [0.1, 0.15) is 6.10 Å². The number of ether oxygens (including phenoxy) is 1. The molecule has 1 aromatic rings. The van der Waals surface area contributed by atoms with Gasteiger partial charge in [-0.1, -0.05) is 29.3 Å². The lowest BCUT2D eigenvalue weighted by Gasteiger charge is -2.11. The van der Waals surface area contributed by atoms with Crippen molar-refractivity contribution in [2.24, 2.45) is 0 Å². The van der Waals surface area contributed by atoms with E-state index in [-0.39, 0.29) is 12.0 Å². The van der Waals surface area contributed by atoms with Crippen LogP contribution in [0, 0.1) is 0 Å². The van der Waals surface area contributed by atoms with Crippen LogP contribution in [0.15, 0.2) is 18.2 Å². The number of halogens is 2. The molecular formula is C11H11Cl2NO2. The van der Waals surface area contributed by atoms with Crippen LogP contribution in [0.4, 0.5) is 5.69 Å². The van der Waals surface area contributed by atoms with Crippen molar-refractivity contribution in [2.45, 2.75) is 18.9 Å². The van der Waals surface area contributed by atoms with Gasteiger partial charge in [-0.05, 0) is 25.0 Å². The minimum atomic E-state index is -0.366. The van der Waals surface area contributed by atoms with Crippen LogP contribution in [0.25, 0.3) is 0 Å². The smallest absolute Gasteiger partial charge is 0.253 e. The summed E-state index contributed by atoms with van der Waals surface area (Å²) >= 11 is 11.8. The molecule has 2 rings (SSSR count). The summed E-state index contributed by atoms with van der Waals surface area (Å²) in [7, 11) is 0. The van der Waals surface area contributed by atoms with Crippen molar-refractivity contribution in [3.05, 3.63) is 28.2 Å². The number of benzene rings is 1. The van der Waals surface area contributed by atoms with Crippen LogP contribution in [0.1, 0.15) is 12.8 Å². The molecule has 1 heterocycles. The molecule has 5 heteroatoms. The van der Waals surface area contributed by atoms with Crippen molar-refractivity contribution in [2.75, 3.05) is 11.9 Å². The molecule has 1 aliphatic rings. The van der Waals surface area contributed by atoms with E-state index in [1.807, 2.05) is 0 Å². The molecule has 1 saturated heterocycles. The van der Waals surface area contributed by atoms with Crippen molar-refractivity contribution in [1.82, 2.24) is 0 Å². The number of hydrogen-bond donors (Lipinski definition) is 1. The van der Waals surface area contributed by atoms with Crippen LogP contribution in [-0.2, 0) is 9.53 Å². The molecule has 0 spiro atoms. The van der Waals surface area contributed by atoms with Crippen molar-refractivity contribution in [3.63, 3.8) is 0 Å². The Labute approximate surface area is 104 Å². The molecule has 1 amide bonds. The maximum absolute atomic E-state index is 11.7. The van der Waals surface area contributed by atoms with E-state index in [1.165, 1.54) is 0 Å². The predicted octanol–water partition coefficient (Wildman–Crippen LogP) is 3.11. The van der Waals surface area contributed by atoms with Crippen LogP contribution in [0.5, 0.6) is 0 Å². The predicted molar refractivity (Wildman–Crippen MR) is 64.1 cm³/mol. The normalized spacial score (nSPS) is 19.8. The molecule has 0 aromatic heterocycles. The third-order valence-corrected chi connectivity index (χ3v) is 3.25. The first kappa shape index (κ1) is 11.7. The van der Waals surface area contributed by atoms with Crippen LogP contribution in [-0.4, -0.2) is 18.6 Å². The van der Waals surface area contributed by atoms with Gasteiger partial charge in [-0.15, -0.1) is 0 Å². The standard InChI is InChI=1S/C11H11Cl2NO2/c12-7-3-1-4-8(10(7)13)14-11(15)9-5-2-6-16-9/h1,3-4,9H,2,5-6H2,(H,14,15)/t9-/m0/s1. The maximum atomic E-state index is 11.7. The summed E-state index contributed by atoms with van der Waals surface area (Å²) < 4.78 is 5.27. The first-order chi connectivity index (χ1) is 7.68. The van der Waals surface area contributed by atoms with Crippen molar-refractivity contribution < 1.29 is 9.53 Å². The maximum Gasteiger partial charge on any atom is 0.253 e. The van der Waals surface area contributed by atoms with Crippen LogP contribution < -0.4 is 5.32 Å². The molecule has 0 aliphatic carbocycles. The van der Waals surface area contributed by atoms with E-state index < -0.39 is 0 Å².